The van der Waals surface area contributed by atoms with Gasteiger partial charge in [0.2, 0.25) is 17.7 Å². The lowest BCUT2D eigenvalue weighted by atomic mass is 10.0. The fraction of sp³-hybridized carbons (Fsp3) is 0.769. The predicted octanol–water partition coefficient (Wildman–Crippen LogP) is 0.869. The third kappa shape index (κ3) is 3.32. The number of nitrogens with zero attached hydrogens (tertiary/aromatic N) is 3. The van der Waals surface area contributed by atoms with E-state index in [1.165, 1.54) is 0 Å². The van der Waals surface area contributed by atoms with Gasteiger partial charge in [0, 0.05) is 32.0 Å². The highest BCUT2D eigenvalue weighted by atomic mass is 16.4. The largest absolute Gasteiger partial charge is 0.424 e. The van der Waals surface area contributed by atoms with Gasteiger partial charge in [0.25, 0.3) is 0 Å². The number of aromatic nitrogens is 2. The van der Waals surface area contributed by atoms with Crippen molar-refractivity contribution in [2.24, 2.45) is 5.92 Å². The Balaban J connectivity index is 1.42. The molecular formula is C13H20N4O2. The fourth-order valence-electron chi connectivity index (χ4n) is 2.49. The Kier molecular flexibility index (Phi) is 3.50. The van der Waals surface area contributed by atoms with Gasteiger partial charge in [-0.3, -0.25) is 9.69 Å². The van der Waals surface area contributed by atoms with Crippen molar-refractivity contribution >= 4 is 5.91 Å². The molecule has 1 aromatic heterocycles. The quantitative estimate of drug-likeness (QED) is 0.873. The van der Waals surface area contributed by atoms with Gasteiger partial charge >= 0.3 is 0 Å². The van der Waals surface area contributed by atoms with E-state index in [2.05, 4.69) is 20.4 Å². The van der Waals surface area contributed by atoms with Crippen molar-refractivity contribution in [3.63, 3.8) is 0 Å². The third-order valence-electron chi connectivity index (χ3n) is 3.81. The molecule has 1 aliphatic carbocycles. The fourth-order valence-corrected chi connectivity index (χ4v) is 2.49. The first-order valence-corrected chi connectivity index (χ1v) is 7.02. The summed E-state index contributed by atoms with van der Waals surface area (Å²) < 4.78 is 5.38. The molecule has 104 valence electrons. The minimum atomic E-state index is 0.256. The van der Waals surface area contributed by atoms with E-state index < -0.39 is 0 Å². The Morgan fingerprint density at radius 1 is 1.32 bits per heavy atom. The summed E-state index contributed by atoms with van der Waals surface area (Å²) in [6.45, 7) is 4.45. The molecule has 0 aromatic carbocycles. The van der Waals surface area contributed by atoms with Crippen LogP contribution >= 0.6 is 0 Å². The van der Waals surface area contributed by atoms with Crippen molar-refractivity contribution in [1.29, 1.82) is 0 Å². The summed E-state index contributed by atoms with van der Waals surface area (Å²) in [6.07, 6.45) is 4.15. The maximum atomic E-state index is 11.7. The minimum Gasteiger partial charge on any atom is -0.424 e. The molecule has 1 N–H and O–H groups in total. The molecule has 6 heteroatoms. The number of hydrogen-bond donors (Lipinski definition) is 1. The second-order valence-electron chi connectivity index (χ2n) is 5.55. The van der Waals surface area contributed by atoms with Crippen LogP contribution in [0.3, 0.4) is 0 Å². The number of nitrogens with one attached hydrogen (secondary N) is 1. The van der Waals surface area contributed by atoms with Gasteiger partial charge in [0.1, 0.15) is 0 Å². The topological polar surface area (TPSA) is 71.3 Å². The van der Waals surface area contributed by atoms with Crippen LogP contribution in [-0.2, 0) is 11.3 Å². The van der Waals surface area contributed by atoms with Crippen molar-refractivity contribution in [2.75, 3.05) is 13.1 Å². The van der Waals surface area contributed by atoms with Gasteiger partial charge < -0.3 is 9.73 Å². The average molecular weight is 264 g/mol. The summed E-state index contributed by atoms with van der Waals surface area (Å²) in [5, 5.41) is 11.0. The van der Waals surface area contributed by atoms with Crippen molar-refractivity contribution in [3.05, 3.63) is 11.8 Å². The number of rotatable bonds is 4. The minimum absolute atomic E-state index is 0.256. The molecule has 1 saturated carbocycles. The summed E-state index contributed by atoms with van der Waals surface area (Å²) in [6, 6.07) is 0.341. The van der Waals surface area contributed by atoms with Crippen molar-refractivity contribution < 1.29 is 9.21 Å². The molecule has 1 aromatic rings. The Hall–Kier alpha value is -1.43. The summed E-state index contributed by atoms with van der Waals surface area (Å²) in [7, 11) is 0. The molecule has 3 rings (SSSR count). The highest BCUT2D eigenvalue weighted by Crippen LogP contribution is 2.29. The lowest BCUT2D eigenvalue weighted by Gasteiger charge is -2.31. The zero-order valence-corrected chi connectivity index (χ0v) is 11.3. The monoisotopic (exact) mass is 264 g/mol. The Morgan fingerprint density at radius 3 is 2.63 bits per heavy atom. The molecule has 0 radical (unpaired) electrons. The predicted molar refractivity (Wildman–Crippen MR) is 68.2 cm³/mol. The van der Waals surface area contributed by atoms with Gasteiger partial charge in [0.15, 0.2) is 0 Å². The van der Waals surface area contributed by atoms with E-state index in [0.29, 0.717) is 30.3 Å². The lowest BCUT2D eigenvalue weighted by molar-refractivity contribution is -0.123. The van der Waals surface area contributed by atoms with Gasteiger partial charge in [-0.1, -0.05) is 0 Å². The maximum absolute atomic E-state index is 11.7. The molecule has 2 fully saturated rings. The van der Waals surface area contributed by atoms with E-state index in [1.54, 1.807) is 6.92 Å². The first-order chi connectivity index (χ1) is 9.20. The first-order valence-electron chi connectivity index (χ1n) is 7.02. The Bertz CT molecular complexity index is 447. The van der Waals surface area contributed by atoms with Crippen LogP contribution in [0, 0.1) is 12.8 Å². The molecule has 0 spiro atoms. The van der Waals surface area contributed by atoms with Crippen LogP contribution < -0.4 is 5.32 Å². The van der Waals surface area contributed by atoms with E-state index in [9.17, 15) is 4.79 Å². The molecule has 1 aliphatic heterocycles. The van der Waals surface area contributed by atoms with Gasteiger partial charge in [-0.25, -0.2) is 0 Å². The second-order valence-corrected chi connectivity index (χ2v) is 5.55. The number of carbonyl (C=O) groups is 1. The molecule has 1 amide bonds. The van der Waals surface area contributed by atoms with Crippen molar-refractivity contribution in [2.45, 2.75) is 45.2 Å². The van der Waals surface area contributed by atoms with Crippen molar-refractivity contribution in [1.82, 2.24) is 20.4 Å². The van der Waals surface area contributed by atoms with Crippen LogP contribution in [0.15, 0.2) is 4.42 Å². The maximum Gasteiger partial charge on any atom is 0.230 e. The number of likely N-dealkylation sites (tertiary alicyclic amines) is 1. The number of carbonyl (C=O) groups excluding carboxylic acids is 1. The lowest BCUT2D eigenvalue weighted by Crippen LogP contribution is -2.44. The summed E-state index contributed by atoms with van der Waals surface area (Å²) >= 11 is 0. The molecular weight excluding hydrogens is 244 g/mol. The highest BCUT2D eigenvalue weighted by Gasteiger charge is 2.31. The molecule has 2 heterocycles. The number of hydrogen-bond acceptors (Lipinski definition) is 5. The van der Waals surface area contributed by atoms with Crippen LogP contribution in [0.4, 0.5) is 0 Å². The van der Waals surface area contributed by atoms with Crippen molar-refractivity contribution in [3.8, 4) is 0 Å². The van der Waals surface area contributed by atoms with Crippen LogP contribution in [0.1, 0.15) is 37.5 Å². The Morgan fingerprint density at radius 2 is 2.05 bits per heavy atom. The van der Waals surface area contributed by atoms with Crippen LogP contribution in [0.5, 0.6) is 0 Å². The molecule has 19 heavy (non-hydrogen) atoms. The van der Waals surface area contributed by atoms with E-state index >= 15 is 0 Å². The van der Waals surface area contributed by atoms with Crippen LogP contribution in [-0.4, -0.2) is 40.1 Å². The first kappa shape index (κ1) is 12.6. The molecule has 0 unspecified atom stereocenters. The molecule has 2 aliphatic rings. The van der Waals surface area contributed by atoms with Gasteiger partial charge in [0.05, 0.1) is 6.54 Å². The van der Waals surface area contributed by atoms with Crippen LogP contribution in [0.25, 0.3) is 0 Å². The zero-order chi connectivity index (χ0) is 13.2. The number of amides is 1. The zero-order valence-electron chi connectivity index (χ0n) is 11.3. The number of aryl methyl sites for hydroxylation is 1. The SMILES string of the molecule is Cc1nnc(CN2CCC(NC(=O)C3CC3)CC2)o1. The van der Waals surface area contributed by atoms with Gasteiger partial charge in [-0.15, -0.1) is 10.2 Å². The third-order valence-corrected chi connectivity index (χ3v) is 3.81. The van der Waals surface area contributed by atoms with E-state index in [0.717, 1.165) is 38.8 Å². The molecule has 6 nitrogen and oxygen atoms in total. The van der Waals surface area contributed by atoms with E-state index in [-0.39, 0.29) is 5.91 Å². The average Bonchev–Trinajstić information content (AvgIpc) is 3.17. The second kappa shape index (κ2) is 5.28. The van der Waals surface area contributed by atoms with Crippen LogP contribution in [0.2, 0.25) is 0 Å². The van der Waals surface area contributed by atoms with E-state index in [4.69, 9.17) is 4.42 Å². The van der Waals surface area contributed by atoms with E-state index in [1.807, 2.05) is 0 Å². The highest BCUT2D eigenvalue weighted by molar-refractivity contribution is 5.81. The van der Waals surface area contributed by atoms with Gasteiger partial charge in [-0.05, 0) is 25.7 Å². The summed E-state index contributed by atoms with van der Waals surface area (Å²) in [5.41, 5.74) is 0. The summed E-state index contributed by atoms with van der Waals surface area (Å²) in [5.74, 6) is 1.85. The normalized spacial score (nSPS) is 21.5. The molecule has 1 saturated heterocycles. The molecule has 0 atom stereocenters. The Labute approximate surface area is 112 Å². The summed E-state index contributed by atoms with van der Waals surface area (Å²) in [4.78, 5) is 14.0. The van der Waals surface area contributed by atoms with Gasteiger partial charge in [-0.2, -0.15) is 0 Å². The standard InChI is InChI=1S/C13H20N4O2/c1-9-15-16-12(19-9)8-17-6-4-11(5-7-17)14-13(18)10-2-3-10/h10-11H,2-8H2,1H3,(H,14,18). The number of piperidine rings is 1. The smallest absolute Gasteiger partial charge is 0.230 e. The molecule has 0 bridgehead atoms.